The first-order valence-electron chi connectivity index (χ1n) is 7.94. The third-order valence-corrected chi connectivity index (χ3v) is 4.72. The van der Waals surface area contributed by atoms with Crippen molar-refractivity contribution in [2.45, 2.75) is 17.3 Å². The molecule has 0 aliphatic heterocycles. The second kappa shape index (κ2) is 7.16. The second-order valence-electron chi connectivity index (χ2n) is 5.60. The molecule has 2 aromatic carbocycles. The van der Waals surface area contributed by atoms with Crippen molar-refractivity contribution in [2.24, 2.45) is 0 Å². The number of rotatable bonds is 5. The van der Waals surface area contributed by atoms with Crippen LogP contribution in [0.25, 0.3) is 17.1 Å². The van der Waals surface area contributed by atoms with E-state index in [4.69, 9.17) is 4.42 Å². The van der Waals surface area contributed by atoms with Crippen LogP contribution in [0.5, 0.6) is 5.75 Å². The number of hydrogen-bond donors (Lipinski definition) is 1. The summed E-state index contributed by atoms with van der Waals surface area (Å²) in [6.45, 7) is 1.89. The van der Waals surface area contributed by atoms with Gasteiger partial charge in [-0.2, -0.15) is 4.68 Å². The highest BCUT2D eigenvalue weighted by Gasteiger charge is 2.20. The highest BCUT2D eigenvalue weighted by Crippen LogP contribution is 2.34. The topological polar surface area (TPSA) is 103 Å². The minimum atomic E-state index is -0.330. The summed E-state index contributed by atoms with van der Waals surface area (Å²) in [4.78, 5) is 0. The largest absolute Gasteiger partial charge is 0.508 e. The number of aromatic hydroxyl groups is 1. The van der Waals surface area contributed by atoms with Gasteiger partial charge in [0.25, 0.3) is 0 Å². The van der Waals surface area contributed by atoms with Gasteiger partial charge in [0.1, 0.15) is 11.6 Å². The Morgan fingerprint density at radius 1 is 1.04 bits per heavy atom. The standard InChI is InChI=1S/C17H13FN6O2S/c1-10(15-19-20-16(26-15)11-2-4-12(18)5-3-11)27-17-21-22-23-24(17)13-6-8-14(25)9-7-13/h2-10,25H,1H3. The van der Waals surface area contributed by atoms with Gasteiger partial charge in [0.15, 0.2) is 0 Å². The Morgan fingerprint density at radius 2 is 1.78 bits per heavy atom. The molecule has 0 saturated carbocycles. The van der Waals surface area contributed by atoms with Crippen molar-refractivity contribution in [3.63, 3.8) is 0 Å². The number of thioether (sulfide) groups is 1. The molecule has 2 heterocycles. The number of phenolic OH excluding ortho intramolecular Hbond substituents is 1. The second-order valence-corrected chi connectivity index (χ2v) is 6.91. The van der Waals surface area contributed by atoms with Gasteiger partial charge in [0, 0.05) is 5.56 Å². The summed E-state index contributed by atoms with van der Waals surface area (Å²) >= 11 is 1.35. The molecule has 2 aromatic heterocycles. The van der Waals surface area contributed by atoms with Crippen molar-refractivity contribution in [1.29, 1.82) is 0 Å². The molecule has 136 valence electrons. The summed E-state index contributed by atoms with van der Waals surface area (Å²) in [5, 5.41) is 29.5. The van der Waals surface area contributed by atoms with Crippen molar-refractivity contribution in [3.05, 3.63) is 60.2 Å². The maximum absolute atomic E-state index is 13.0. The Labute approximate surface area is 157 Å². The SMILES string of the molecule is CC(Sc1nnnn1-c1ccc(O)cc1)c1nnc(-c2ccc(F)cc2)o1. The predicted molar refractivity (Wildman–Crippen MR) is 94.8 cm³/mol. The summed E-state index contributed by atoms with van der Waals surface area (Å²) in [6.07, 6.45) is 0. The molecule has 0 aliphatic carbocycles. The monoisotopic (exact) mass is 384 g/mol. The van der Waals surface area contributed by atoms with E-state index < -0.39 is 0 Å². The van der Waals surface area contributed by atoms with Crippen molar-refractivity contribution < 1.29 is 13.9 Å². The molecule has 0 amide bonds. The van der Waals surface area contributed by atoms with Crippen molar-refractivity contribution >= 4 is 11.8 Å². The first-order chi connectivity index (χ1) is 13.1. The van der Waals surface area contributed by atoms with E-state index in [1.165, 1.54) is 23.9 Å². The van der Waals surface area contributed by atoms with Crippen LogP contribution in [0.4, 0.5) is 4.39 Å². The average molecular weight is 384 g/mol. The molecule has 0 aliphatic rings. The van der Waals surface area contributed by atoms with Crippen LogP contribution in [-0.2, 0) is 0 Å². The van der Waals surface area contributed by atoms with Crippen molar-refractivity contribution in [2.75, 3.05) is 0 Å². The van der Waals surface area contributed by atoms with Crippen molar-refractivity contribution in [3.8, 4) is 22.9 Å². The number of tetrazole rings is 1. The molecular formula is C17H13FN6O2S. The maximum atomic E-state index is 13.0. The minimum absolute atomic E-state index is 0.161. The molecule has 1 atom stereocenters. The van der Waals surface area contributed by atoms with E-state index in [1.807, 2.05) is 6.92 Å². The fourth-order valence-electron chi connectivity index (χ4n) is 2.32. The van der Waals surface area contributed by atoms with Gasteiger partial charge in [-0.3, -0.25) is 0 Å². The zero-order valence-electron chi connectivity index (χ0n) is 14.0. The minimum Gasteiger partial charge on any atom is -0.508 e. The smallest absolute Gasteiger partial charge is 0.247 e. The summed E-state index contributed by atoms with van der Waals surface area (Å²) in [5.74, 6) is 0.548. The van der Waals surface area contributed by atoms with Crippen LogP contribution in [0.3, 0.4) is 0 Å². The Morgan fingerprint density at radius 3 is 2.52 bits per heavy atom. The Balaban J connectivity index is 1.54. The molecule has 0 saturated heterocycles. The predicted octanol–water partition coefficient (Wildman–Crippen LogP) is 3.41. The molecule has 0 spiro atoms. The van der Waals surface area contributed by atoms with E-state index in [0.29, 0.717) is 28.2 Å². The Hall–Kier alpha value is -3.27. The molecule has 1 N–H and O–H groups in total. The molecule has 27 heavy (non-hydrogen) atoms. The van der Waals surface area contributed by atoms with E-state index in [2.05, 4.69) is 25.7 Å². The Bertz CT molecular complexity index is 1050. The van der Waals surface area contributed by atoms with Crippen LogP contribution < -0.4 is 0 Å². The molecule has 10 heteroatoms. The highest BCUT2D eigenvalue weighted by atomic mass is 32.2. The lowest BCUT2D eigenvalue weighted by atomic mass is 10.2. The third kappa shape index (κ3) is 3.65. The number of nitrogens with zero attached hydrogens (tertiary/aromatic N) is 6. The lowest BCUT2D eigenvalue weighted by Crippen LogP contribution is -2.00. The summed E-state index contributed by atoms with van der Waals surface area (Å²) in [5.41, 5.74) is 1.35. The number of hydrogen-bond acceptors (Lipinski definition) is 8. The first-order valence-corrected chi connectivity index (χ1v) is 8.82. The molecule has 4 rings (SSSR count). The first kappa shape index (κ1) is 17.2. The lowest BCUT2D eigenvalue weighted by Gasteiger charge is -2.07. The van der Waals surface area contributed by atoms with Crippen molar-refractivity contribution in [1.82, 2.24) is 30.4 Å². The van der Waals surface area contributed by atoms with Crippen LogP contribution in [0.15, 0.2) is 58.1 Å². The van der Waals surface area contributed by atoms with Gasteiger partial charge < -0.3 is 9.52 Å². The van der Waals surface area contributed by atoms with E-state index in [0.717, 1.165) is 0 Å². The molecule has 0 fully saturated rings. The van der Waals surface area contributed by atoms with E-state index >= 15 is 0 Å². The van der Waals surface area contributed by atoms with Gasteiger partial charge in [0.2, 0.25) is 16.9 Å². The van der Waals surface area contributed by atoms with Crippen LogP contribution >= 0.6 is 11.8 Å². The van der Waals surface area contributed by atoms with Gasteiger partial charge in [0.05, 0.1) is 10.9 Å². The average Bonchev–Trinajstić information content (AvgIpc) is 3.33. The molecule has 1 unspecified atom stereocenters. The highest BCUT2D eigenvalue weighted by molar-refractivity contribution is 7.99. The third-order valence-electron chi connectivity index (χ3n) is 3.70. The zero-order valence-corrected chi connectivity index (χ0v) is 14.8. The van der Waals surface area contributed by atoms with E-state index in [9.17, 15) is 9.50 Å². The zero-order chi connectivity index (χ0) is 18.8. The summed E-state index contributed by atoms with van der Waals surface area (Å²) < 4.78 is 20.3. The van der Waals surface area contributed by atoms with Gasteiger partial charge >= 0.3 is 0 Å². The fourth-order valence-corrected chi connectivity index (χ4v) is 3.16. The summed E-state index contributed by atoms with van der Waals surface area (Å²) in [7, 11) is 0. The lowest BCUT2D eigenvalue weighted by molar-refractivity contribution is 0.475. The Kier molecular flexibility index (Phi) is 4.55. The number of aromatic nitrogens is 6. The van der Waals surface area contributed by atoms with E-state index in [1.54, 1.807) is 41.1 Å². The number of benzene rings is 2. The molecule has 0 radical (unpaired) electrons. The van der Waals surface area contributed by atoms with Crippen LogP contribution in [-0.4, -0.2) is 35.5 Å². The fraction of sp³-hybridized carbons (Fsp3) is 0.118. The van der Waals surface area contributed by atoms with Crippen LogP contribution in [0.1, 0.15) is 18.1 Å². The van der Waals surface area contributed by atoms with Crippen LogP contribution in [0.2, 0.25) is 0 Å². The summed E-state index contributed by atoms with van der Waals surface area (Å²) in [6, 6.07) is 12.4. The number of phenols is 1. The quantitative estimate of drug-likeness (QED) is 0.522. The van der Waals surface area contributed by atoms with Crippen LogP contribution in [0, 0.1) is 5.82 Å². The van der Waals surface area contributed by atoms with Gasteiger partial charge in [-0.1, -0.05) is 11.8 Å². The molecule has 4 aromatic rings. The van der Waals surface area contributed by atoms with Gasteiger partial charge in [-0.25, -0.2) is 4.39 Å². The molecule has 8 nitrogen and oxygen atoms in total. The van der Waals surface area contributed by atoms with Gasteiger partial charge in [-0.15, -0.1) is 15.3 Å². The normalized spacial score (nSPS) is 12.2. The maximum Gasteiger partial charge on any atom is 0.247 e. The molecule has 0 bridgehead atoms. The van der Waals surface area contributed by atoms with Gasteiger partial charge in [-0.05, 0) is 65.9 Å². The van der Waals surface area contributed by atoms with E-state index in [-0.39, 0.29) is 16.8 Å². The molecular weight excluding hydrogens is 371 g/mol. The number of halogens is 1.